The topological polar surface area (TPSA) is 103 Å². The Kier molecular flexibility index (Phi) is 9.72. The van der Waals surface area contributed by atoms with E-state index < -0.39 is 12.3 Å². The van der Waals surface area contributed by atoms with Gasteiger partial charge in [-0.15, -0.1) is 11.3 Å². The van der Waals surface area contributed by atoms with Crippen LogP contribution in [-0.4, -0.2) is 69.0 Å². The van der Waals surface area contributed by atoms with Crippen LogP contribution >= 0.6 is 11.3 Å². The Morgan fingerprint density at radius 3 is 2.58 bits per heavy atom. The fourth-order valence-corrected chi connectivity index (χ4v) is 6.97. The lowest BCUT2D eigenvalue weighted by atomic mass is 9.93. The van der Waals surface area contributed by atoms with Gasteiger partial charge in [0.25, 0.3) is 18.2 Å². The van der Waals surface area contributed by atoms with Crippen LogP contribution in [0.5, 0.6) is 0 Å². The Hall–Kier alpha value is -3.66. The van der Waals surface area contributed by atoms with Gasteiger partial charge in [0, 0.05) is 32.7 Å². The van der Waals surface area contributed by atoms with Gasteiger partial charge in [0.1, 0.15) is 11.6 Å². The molecule has 0 radical (unpaired) electrons. The zero-order valence-electron chi connectivity index (χ0n) is 26.3. The van der Waals surface area contributed by atoms with Crippen LogP contribution in [0.2, 0.25) is 0 Å². The number of carbonyl (C=O) groups is 2. The van der Waals surface area contributed by atoms with Gasteiger partial charge in [-0.05, 0) is 61.9 Å². The monoisotopic (exact) mass is 638 g/mol. The Labute approximate surface area is 266 Å². The predicted octanol–water partition coefficient (Wildman–Crippen LogP) is 6.38. The summed E-state index contributed by atoms with van der Waals surface area (Å²) in [5.74, 6) is -0.559. The number of nitrogens with zero attached hydrogens (tertiary/aromatic N) is 5. The van der Waals surface area contributed by atoms with E-state index in [1.807, 2.05) is 43.5 Å². The molecule has 0 aliphatic carbocycles. The first-order valence-corrected chi connectivity index (χ1v) is 16.1. The van der Waals surface area contributed by atoms with E-state index in [1.54, 1.807) is 11.0 Å². The summed E-state index contributed by atoms with van der Waals surface area (Å²) in [7, 11) is 0. The highest BCUT2D eigenvalue weighted by Crippen LogP contribution is 2.30. The van der Waals surface area contributed by atoms with Gasteiger partial charge in [0.05, 0.1) is 39.0 Å². The Bertz CT molecular complexity index is 1620. The zero-order valence-corrected chi connectivity index (χ0v) is 27.2. The number of aromatic nitrogens is 2. The van der Waals surface area contributed by atoms with Crippen LogP contribution in [0.3, 0.4) is 0 Å². The number of rotatable bonds is 8. The number of hydrogen-bond acceptors (Lipinski definition) is 7. The van der Waals surface area contributed by atoms with E-state index in [4.69, 9.17) is 9.72 Å². The maximum Gasteiger partial charge on any atom is 0.272 e. The summed E-state index contributed by atoms with van der Waals surface area (Å²) >= 11 is 0.746. The maximum absolute atomic E-state index is 13.5. The number of likely N-dealkylation sites (tertiary alicyclic amines) is 1. The molecule has 2 aromatic heterocycles. The van der Waals surface area contributed by atoms with Crippen molar-refractivity contribution in [2.24, 2.45) is 5.41 Å². The van der Waals surface area contributed by atoms with E-state index in [-0.39, 0.29) is 50.8 Å². The number of amides is 2. The first kappa shape index (κ1) is 32.7. The van der Waals surface area contributed by atoms with E-state index in [2.05, 4.69) is 30.1 Å². The fraction of sp³-hybridized carbons (Fsp3) is 0.515. The Balaban J connectivity index is 1.46. The third kappa shape index (κ3) is 7.77. The summed E-state index contributed by atoms with van der Waals surface area (Å²) < 4.78 is 34.2. The average Bonchev–Trinajstić information content (AvgIpc) is 3.70. The van der Waals surface area contributed by atoms with Crippen LogP contribution < -0.4 is 5.32 Å². The molecule has 0 spiro atoms. The van der Waals surface area contributed by atoms with E-state index in [1.165, 1.54) is 12.1 Å². The molecule has 240 valence electrons. The summed E-state index contributed by atoms with van der Waals surface area (Å²) in [6, 6.07) is 10.5. The zero-order chi connectivity index (χ0) is 32.5. The Morgan fingerprint density at radius 2 is 1.93 bits per heavy atom. The molecule has 3 atom stereocenters. The van der Waals surface area contributed by atoms with Crippen molar-refractivity contribution in [2.75, 3.05) is 25.0 Å². The first-order valence-electron chi connectivity index (χ1n) is 15.3. The number of hydrogen-bond donors (Lipinski definition) is 1. The fourth-order valence-electron chi connectivity index (χ4n) is 6.21. The number of thiophene rings is 1. The minimum Gasteiger partial charge on any atom is -0.373 e. The van der Waals surface area contributed by atoms with Gasteiger partial charge in [-0.1, -0.05) is 32.9 Å². The second-order valence-electron chi connectivity index (χ2n) is 13.1. The summed E-state index contributed by atoms with van der Waals surface area (Å²) in [4.78, 5) is 35.6. The number of morpholine rings is 1. The van der Waals surface area contributed by atoms with Crippen LogP contribution in [0, 0.1) is 16.7 Å². The van der Waals surface area contributed by atoms with Crippen molar-refractivity contribution in [3.05, 3.63) is 57.3 Å². The second kappa shape index (κ2) is 13.4. The van der Waals surface area contributed by atoms with Gasteiger partial charge in [0.2, 0.25) is 5.95 Å². The number of carbonyl (C=O) groups excluding carboxylic acids is 2. The highest BCUT2D eigenvalue weighted by atomic mass is 32.1. The molecular formula is C33H40F2N6O3S. The Morgan fingerprint density at radius 1 is 1.20 bits per heavy atom. The van der Waals surface area contributed by atoms with Gasteiger partial charge < -0.3 is 14.2 Å². The summed E-state index contributed by atoms with van der Waals surface area (Å²) in [5.41, 5.74) is 2.30. The van der Waals surface area contributed by atoms with Crippen molar-refractivity contribution in [1.82, 2.24) is 19.4 Å². The lowest BCUT2D eigenvalue weighted by molar-refractivity contribution is -0.127. The van der Waals surface area contributed by atoms with Gasteiger partial charge in [-0.2, -0.15) is 5.26 Å². The number of halogens is 2. The normalized spacial score (nSPS) is 21.4. The quantitative estimate of drug-likeness (QED) is 0.227. The number of benzene rings is 1. The SMILES string of the molecule is CC1CN(Cc2ccc3c(c2)nc(NC(=O)c2ccc(C(F)F)s2)n3CC2CCCN2C(=O)C(C#N)=CC(C)(C)C)CC(C)O1. The third-order valence-electron chi connectivity index (χ3n) is 7.96. The number of nitrogens with one attached hydrogen (secondary N) is 1. The lowest BCUT2D eigenvalue weighted by Gasteiger charge is -2.35. The molecule has 2 aliphatic heterocycles. The minimum atomic E-state index is -2.66. The number of nitriles is 1. The molecule has 4 heterocycles. The van der Waals surface area contributed by atoms with Crippen molar-refractivity contribution in [2.45, 2.75) is 85.2 Å². The molecule has 1 N–H and O–H groups in total. The predicted molar refractivity (Wildman–Crippen MR) is 170 cm³/mol. The molecule has 2 saturated heterocycles. The molecule has 12 heteroatoms. The molecule has 45 heavy (non-hydrogen) atoms. The van der Waals surface area contributed by atoms with Crippen LogP contribution in [0.25, 0.3) is 11.0 Å². The number of imidazole rings is 1. The van der Waals surface area contributed by atoms with Gasteiger partial charge in [0.15, 0.2) is 0 Å². The average molecular weight is 639 g/mol. The smallest absolute Gasteiger partial charge is 0.272 e. The van der Waals surface area contributed by atoms with Crippen LogP contribution in [0.15, 0.2) is 42.0 Å². The van der Waals surface area contributed by atoms with E-state index in [9.17, 15) is 23.6 Å². The minimum absolute atomic E-state index is 0.113. The maximum atomic E-state index is 13.5. The van der Waals surface area contributed by atoms with Gasteiger partial charge >= 0.3 is 0 Å². The molecule has 0 saturated carbocycles. The van der Waals surface area contributed by atoms with Crippen LogP contribution in [0.1, 0.15) is 74.0 Å². The molecule has 5 rings (SSSR count). The van der Waals surface area contributed by atoms with Crippen molar-refractivity contribution < 1.29 is 23.1 Å². The highest BCUT2D eigenvalue weighted by molar-refractivity contribution is 7.14. The summed E-state index contributed by atoms with van der Waals surface area (Å²) in [6.07, 6.45) is 0.825. The molecular weight excluding hydrogens is 598 g/mol. The lowest BCUT2D eigenvalue weighted by Crippen LogP contribution is -2.44. The van der Waals surface area contributed by atoms with Gasteiger partial charge in [-0.3, -0.25) is 19.8 Å². The molecule has 2 amide bonds. The first-order chi connectivity index (χ1) is 21.3. The summed E-state index contributed by atoms with van der Waals surface area (Å²) in [6.45, 7) is 13.2. The standard InChI is InChI=1S/C33H40F2N6O3S/c1-20-16-39(17-21(2)44-20)18-22-8-9-26-25(13-22)37-32(38-30(42)28-11-10-27(45-28)29(34)35)41(26)19-24-7-6-12-40(24)31(43)23(15-36)14-33(3,4)5/h8-11,13-14,20-21,24,29H,6-7,12,16-19H2,1-5H3,(H,37,38,42). The number of alkyl halides is 2. The van der Waals surface area contributed by atoms with Crippen molar-refractivity contribution in [1.29, 1.82) is 5.26 Å². The second-order valence-corrected chi connectivity index (χ2v) is 14.2. The largest absolute Gasteiger partial charge is 0.373 e. The molecule has 1 aromatic carbocycles. The number of ether oxygens (including phenoxy) is 1. The van der Waals surface area contributed by atoms with Crippen LogP contribution in [0.4, 0.5) is 14.7 Å². The molecule has 3 unspecified atom stereocenters. The number of allylic oxidation sites excluding steroid dienone is 1. The van der Waals surface area contributed by atoms with E-state index >= 15 is 0 Å². The van der Waals surface area contributed by atoms with Crippen molar-refractivity contribution >= 4 is 40.1 Å². The molecule has 9 nitrogen and oxygen atoms in total. The van der Waals surface area contributed by atoms with E-state index in [0.717, 1.165) is 54.9 Å². The molecule has 0 bridgehead atoms. The van der Waals surface area contributed by atoms with Gasteiger partial charge in [-0.25, -0.2) is 13.8 Å². The summed E-state index contributed by atoms with van der Waals surface area (Å²) in [5, 5.41) is 12.6. The highest BCUT2D eigenvalue weighted by Gasteiger charge is 2.33. The van der Waals surface area contributed by atoms with Crippen LogP contribution in [-0.2, 0) is 22.6 Å². The number of fused-ring (bicyclic) bond motifs is 1. The van der Waals surface area contributed by atoms with Crippen molar-refractivity contribution in [3.63, 3.8) is 0 Å². The molecule has 2 aliphatic rings. The van der Waals surface area contributed by atoms with Crippen molar-refractivity contribution in [3.8, 4) is 6.07 Å². The number of anilines is 1. The molecule has 3 aromatic rings. The van der Waals surface area contributed by atoms with E-state index in [0.29, 0.717) is 18.6 Å². The molecule has 2 fully saturated rings. The third-order valence-corrected chi connectivity index (χ3v) is 9.06.